The lowest BCUT2D eigenvalue weighted by Gasteiger charge is -2.35. The SMILES string of the molecule is CC1CN(Cc2ccc(CNc3ccncc3Cl)cc2)CC(C)O1. The maximum Gasteiger partial charge on any atom is 0.0820 e. The smallest absolute Gasteiger partial charge is 0.0820 e. The summed E-state index contributed by atoms with van der Waals surface area (Å²) in [6.45, 7) is 7.99. The van der Waals surface area contributed by atoms with Crippen LogP contribution in [-0.2, 0) is 17.8 Å². The number of hydrogen-bond acceptors (Lipinski definition) is 4. The van der Waals surface area contributed by atoms with E-state index in [1.54, 1.807) is 12.4 Å². The minimum absolute atomic E-state index is 0.308. The second kappa shape index (κ2) is 7.97. The lowest BCUT2D eigenvalue weighted by molar-refractivity contribution is -0.0704. The predicted octanol–water partition coefficient (Wildman–Crippen LogP) is 3.96. The van der Waals surface area contributed by atoms with Gasteiger partial charge in [-0.25, -0.2) is 0 Å². The van der Waals surface area contributed by atoms with E-state index in [4.69, 9.17) is 16.3 Å². The van der Waals surface area contributed by atoms with Gasteiger partial charge in [-0.15, -0.1) is 0 Å². The van der Waals surface area contributed by atoms with Gasteiger partial charge in [0.25, 0.3) is 0 Å². The summed E-state index contributed by atoms with van der Waals surface area (Å²) in [6, 6.07) is 10.6. The number of anilines is 1. The third kappa shape index (κ3) is 4.69. The summed E-state index contributed by atoms with van der Waals surface area (Å²) in [4.78, 5) is 6.45. The van der Waals surface area contributed by atoms with Crippen molar-refractivity contribution in [2.45, 2.75) is 39.1 Å². The van der Waals surface area contributed by atoms with Crippen molar-refractivity contribution in [3.8, 4) is 0 Å². The lowest BCUT2D eigenvalue weighted by Crippen LogP contribution is -2.44. The van der Waals surface area contributed by atoms with Gasteiger partial charge >= 0.3 is 0 Å². The van der Waals surface area contributed by atoms with Crippen molar-refractivity contribution < 1.29 is 4.74 Å². The highest BCUT2D eigenvalue weighted by Gasteiger charge is 2.21. The first kappa shape index (κ1) is 17.2. The molecule has 5 heteroatoms. The first-order valence-electron chi connectivity index (χ1n) is 8.39. The highest BCUT2D eigenvalue weighted by molar-refractivity contribution is 6.33. The average molecular weight is 346 g/mol. The van der Waals surface area contributed by atoms with E-state index in [0.29, 0.717) is 17.2 Å². The fourth-order valence-corrected chi connectivity index (χ4v) is 3.34. The molecule has 128 valence electrons. The maximum absolute atomic E-state index is 6.11. The number of benzene rings is 1. The van der Waals surface area contributed by atoms with Crippen LogP contribution in [0.3, 0.4) is 0 Å². The van der Waals surface area contributed by atoms with Gasteiger partial charge < -0.3 is 10.1 Å². The van der Waals surface area contributed by atoms with E-state index >= 15 is 0 Å². The summed E-state index contributed by atoms with van der Waals surface area (Å²) >= 11 is 6.11. The number of pyridine rings is 1. The summed E-state index contributed by atoms with van der Waals surface area (Å²) in [5.41, 5.74) is 3.48. The Morgan fingerprint density at radius 3 is 2.46 bits per heavy atom. The van der Waals surface area contributed by atoms with E-state index in [0.717, 1.165) is 31.9 Å². The van der Waals surface area contributed by atoms with E-state index in [2.05, 4.69) is 53.3 Å². The molecule has 0 saturated carbocycles. The van der Waals surface area contributed by atoms with Gasteiger partial charge in [0, 0.05) is 38.6 Å². The Morgan fingerprint density at radius 2 is 1.79 bits per heavy atom. The van der Waals surface area contributed by atoms with Crippen molar-refractivity contribution in [1.29, 1.82) is 0 Å². The Bertz CT molecular complexity index is 652. The molecule has 1 aliphatic heterocycles. The van der Waals surface area contributed by atoms with E-state index in [1.165, 1.54) is 11.1 Å². The molecule has 0 bridgehead atoms. The normalized spacial score (nSPS) is 21.6. The summed E-state index contributed by atoms with van der Waals surface area (Å²) in [5, 5.41) is 3.99. The van der Waals surface area contributed by atoms with Crippen molar-refractivity contribution in [3.63, 3.8) is 0 Å². The monoisotopic (exact) mass is 345 g/mol. The van der Waals surface area contributed by atoms with Crippen molar-refractivity contribution >= 4 is 17.3 Å². The summed E-state index contributed by atoms with van der Waals surface area (Å²) in [7, 11) is 0. The molecule has 24 heavy (non-hydrogen) atoms. The van der Waals surface area contributed by atoms with Crippen molar-refractivity contribution in [1.82, 2.24) is 9.88 Å². The van der Waals surface area contributed by atoms with Gasteiger partial charge in [0.2, 0.25) is 0 Å². The second-order valence-corrected chi connectivity index (χ2v) is 6.88. The molecule has 1 aliphatic rings. The van der Waals surface area contributed by atoms with Gasteiger partial charge in [-0.3, -0.25) is 9.88 Å². The Hall–Kier alpha value is -1.62. The minimum atomic E-state index is 0.308. The van der Waals surface area contributed by atoms with Crippen LogP contribution < -0.4 is 5.32 Å². The topological polar surface area (TPSA) is 37.4 Å². The number of rotatable bonds is 5. The Kier molecular flexibility index (Phi) is 5.72. The quantitative estimate of drug-likeness (QED) is 0.890. The standard InChI is InChI=1S/C19H24ClN3O/c1-14-11-23(12-15(2)24-14)13-17-5-3-16(4-6-17)9-22-19-7-8-21-10-18(19)20/h3-8,10,14-15H,9,11-13H2,1-2H3,(H,21,22). The lowest BCUT2D eigenvalue weighted by atomic mass is 10.1. The van der Waals surface area contributed by atoms with Crippen LogP contribution in [0.15, 0.2) is 42.7 Å². The molecule has 1 saturated heterocycles. The molecule has 3 rings (SSSR count). The molecule has 0 aliphatic carbocycles. The molecular formula is C19H24ClN3O. The highest BCUT2D eigenvalue weighted by atomic mass is 35.5. The first-order chi connectivity index (χ1) is 11.6. The molecule has 1 aromatic heterocycles. The Balaban J connectivity index is 1.54. The van der Waals surface area contributed by atoms with Crippen LogP contribution in [-0.4, -0.2) is 35.2 Å². The van der Waals surface area contributed by atoms with Crippen molar-refractivity contribution in [2.75, 3.05) is 18.4 Å². The fourth-order valence-electron chi connectivity index (χ4n) is 3.15. The van der Waals surface area contributed by atoms with Gasteiger partial charge in [0.15, 0.2) is 0 Å². The number of hydrogen-bond donors (Lipinski definition) is 1. The third-order valence-electron chi connectivity index (χ3n) is 4.18. The molecule has 2 unspecified atom stereocenters. The largest absolute Gasteiger partial charge is 0.380 e. The molecule has 0 radical (unpaired) electrons. The molecular weight excluding hydrogens is 322 g/mol. The van der Waals surface area contributed by atoms with Crippen LogP contribution in [0.4, 0.5) is 5.69 Å². The first-order valence-corrected chi connectivity index (χ1v) is 8.77. The van der Waals surface area contributed by atoms with Crippen LogP contribution in [0.1, 0.15) is 25.0 Å². The Labute approximate surface area is 148 Å². The van der Waals surface area contributed by atoms with Crippen LogP contribution in [0.2, 0.25) is 5.02 Å². The number of nitrogens with one attached hydrogen (secondary N) is 1. The molecule has 1 aromatic carbocycles. The summed E-state index contributed by atoms with van der Waals surface area (Å²) in [5.74, 6) is 0. The number of ether oxygens (including phenoxy) is 1. The van der Waals surface area contributed by atoms with Gasteiger partial charge in [-0.05, 0) is 31.0 Å². The predicted molar refractivity (Wildman–Crippen MR) is 98.3 cm³/mol. The minimum Gasteiger partial charge on any atom is -0.380 e. The van der Waals surface area contributed by atoms with Crippen molar-refractivity contribution in [2.24, 2.45) is 0 Å². The second-order valence-electron chi connectivity index (χ2n) is 6.48. The molecule has 4 nitrogen and oxygen atoms in total. The molecule has 2 atom stereocenters. The summed E-state index contributed by atoms with van der Waals surface area (Å²) < 4.78 is 5.79. The zero-order valence-corrected chi connectivity index (χ0v) is 15.0. The van der Waals surface area contributed by atoms with Crippen molar-refractivity contribution in [3.05, 3.63) is 58.9 Å². The molecule has 1 N–H and O–H groups in total. The highest BCUT2D eigenvalue weighted by Crippen LogP contribution is 2.20. The number of aromatic nitrogens is 1. The average Bonchev–Trinajstić information content (AvgIpc) is 2.54. The van der Waals surface area contributed by atoms with Crippen LogP contribution in [0.5, 0.6) is 0 Å². The summed E-state index contributed by atoms with van der Waals surface area (Å²) in [6.07, 6.45) is 4.00. The van der Waals surface area contributed by atoms with E-state index in [1.807, 2.05) is 6.07 Å². The molecule has 0 spiro atoms. The number of morpholine rings is 1. The van der Waals surface area contributed by atoms with Gasteiger partial charge in [-0.2, -0.15) is 0 Å². The number of halogens is 1. The molecule has 2 heterocycles. The molecule has 1 fully saturated rings. The van der Waals surface area contributed by atoms with E-state index in [9.17, 15) is 0 Å². The van der Waals surface area contributed by atoms with Gasteiger partial charge in [0.1, 0.15) is 0 Å². The van der Waals surface area contributed by atoms with Crippen LogP contribution >= 0.6 is 11.6 Å². The van der Waals surface area contributed by atoms with Gasteiger partial charge in [-0.1, -0.05) is 35.9 Å². The molecule has 0 amide bonds. The zero-order chi connectivity index (χ0) is 16.9. The fraction of sp³-hybridized carbons (Fsp3) is 0.421. The maximum atomic E-state index is 6.11. The number of nitrogens with zero attached hydrogens (tertiary/aromatic N) is 2. The molecule has 2 aromatic rings. The third-order valence-corrected chi connectivity index (χ3v) is 4.48. The zero-order valence-electron chi connectivity index (χ0n) is 14.2. The van der Waals surface area contributed by atoms with Gasteiger partial charge in [0.05, 0.1) is 22.9 Å². The van der Waals surface area contributed by atoms with Crippen LogP contribution in [0, 0.1) is 0 Å². The van der Waals surface area contributed by atoms with Crippen LogP contribution in [0.25, 0.3) is 0 Å². The van der Waals surface area contributed by atoms with E-state index in [-0.39, 0.29) is 0 Å². The van der Waals surface area contributed by atoms with E-state index < -0.39 is 0 Å². The Morgan fingerprint density at radius 1 is 1.12 bits per heavy atom.